The summed E-state index contributed by atoms with van der Waals surface area (Å²) in [4.78, 5) is 11.4. The third-order valence-corrected chi connectivity index (χ3v) is 5.14. The number of hydrogen-bond acceptors (Lipinski definition) is 3. The van der Waals surface area contributed by atoms with Crippen molar-refractivity contribution < 1.29 is 4.57 Å². The number of aryl methyl sites for hydroxylation is 1. The normalized spacial score (nSPS) is 13.1. The van der Waals surface area contributed by atoms with E-state index in [4.69, 9.17) is 0 Å². The molecule has 0 bridgehead atoms. The Morgan fingerprint density at radius 1 is 1.20 bits per heavy atom. The van der Waals surface area contributed by atoms with Gasteiger partial charge in [-0.25, -0.2) is 14.1 Å². The molecule has 0 aromatic carbocycles. The summed E-state index contributed by atoms with van der Waals surface area (Å²) in [6, 6.07) is 8.33. The van der Waals surface area contributed by atoms with Crippen molar-refractivity contribution >= 4 is 31.9 Å². The molecule has 5 heteroatoms. The maximum atomic E-state index is 4.50. The highest BCUT2D eigenvalue weighted by Crippen LogP contribution is 2.36. The number of thiophene rings is 1. The smallest absolute Gasteiger partial charge is 0.256 e. The van der Waals surface area contributed by atoms with Gasteiger partial charge in [0.15, 0.2) is 5.52 Å². The lowest BCUT2D eigenvalue weighted by Gasteiger charge is -1.94. The van der Waals surface area contributed by atoms with Crippen LogP contribution in [0.1, 0.15) is 5.69 Å². The number of rotatable bonds is 0. The molecule has 20 heavy (non-hydrogen) atoms. The van der Waals surface area contributed by atoms with Crippen LogP contribution in [0, 0.1) is 0 Å². The minimum atomic E-state index is 0.857. The summed E-state index contributed by atoms with van der Waals surface area (Å²) in [5, 5.41) is 1.24. The second kappa shape index (κ2) is 3.43. The molecule has 4 aromatic rings. The van der Waals surface area contributed by atoms with Crippen molar-refractivity contribution in [2.75, 3.05) is 0 Å². The number of nitrogens with zero attached hydrogens (tertiary/aromatic N) is 4. The van der Waals surface area contributed by atoms with Gasteiger partial charge in [-0.15, -0.1) is 0 Å². The van der Waals surface area contributed by atoms with Crippen LogP contribution in [0.25, 0.3) is 32.0 Å². The average Bonchev–Trinajstić information content (AvgIpc) is 3.10. The molecule has 0 unspecified atom stereocenters. The van der Waals surface area contributed by atoms with Crippen molar-refractivity contribution in [3.05, 3.63) is 42.4 Å². The zero-order valence-corrected chi connectivity index (χ0v) is 11.7. The Balaban J connectivity index is 1.98. The maximum absolute atomic E-state index is 4.50. The van der Waals surface area contributed by atoms with Gasteiger partial charge in [-0.3, -0.25) is 4.98 Å². The lowest BCUT2D eigenvalue weighted by atomic mass is 10.2. The van der Waals surface area contributed by atoms with Crippen LogP contribution in [0.5, 0.6) is 0 Å². The first-order valence-electron chi connectivity index (χ1n) is 6.54. The van der Waals surface area contributed by atoms with E-state index in [0.29, 0.717) is 0 Å². The molecular weight excluding hydrogens is 268 g/mol. The lowest BCUT2D eigenvalue weighted by Crippen LogP contribution is -2.30. The van der Waals surface area contributed by atoms with Crippen LogP contribution in [-0.4, -0.2) is 14.5 Å². The lowest BCUT2D eigenvalue weighted by molar-refractivity contribution is -0.644. The van der Waals surface area contributed by atoms with Crippen molar-refractivity contribution in [3.8, 4) is 11.4 Å². The molecule has 0 saturated heterocycles. The fourth-order valence-electron chi connectivity index (χ4n) is 3.19. The van der Waals surface area contributed by atoms with Crippen molar-refractivity contribution in [1.29, 1.82) is 0 Å². The first-order chi connectivity index (χ1) is 9.84. The SMILES string of the molecule is Cn1c2[n+](c3sc4ncccc4c31)Cc1ncccc1-2. The summed E-state index contributed by atoms with van der Waals surface area (Å²) < 4.78 is 4.64. The molecule has 4 aromatic heterocycles. The first kappa shape index (κ1) is 10.5. The fraction of sp³-hybridized carbons (Fsp3) is 0.133. The summed E-state index contributed by atoms with van der Waals surface area (Å²) in [5.74, 6) is 1.25. The van der Waals surface area contributed by atoms with Gasteiger partial charge < -0.3 is 0 Å². The van der Waals surface area contributed by atoms with Crippen LogP contribution < -0.4 is 4.57 Å². The number of hydrogen-bond donors (Lipinski definition) is 0. The number of aromatic nitrogens is 4. The molecule has 96 valence electrons. The van der Waals surface area contributed by atoms with E-state index in [1.54, 1.807) is 11.3 Å². The Labute approximate surface area is 119 Å². The topological polar surface area (TPSA) is 34.6 Å². The van der Waals surface area contributed by atoms with Crippen LogP contribution in [0.4, 0.5) is 0 Å². The van der Waals surface area contributed by atoms with Crippen molar-refractivity contribution in [1.82, 2.24) is 14.5 Å². The number of imidazole rings is 1. The Bertz CT molecular complexity index is 996. The molecule has 0 aliphatic carbocycles. The Kier molecular flexibility index (Phi) is 1.80. The number of fused-ring (bicyclic) bond motifs is 7. The molecule has 5 heterocycles. The Morgan fingerprint density at radius 2 is 2.05 bits per heavy atom. The van der Waals surface area contributed by atoms with Crippen molar-refractivity contribution in [3.63, 3.8) is 0 Å². The van der Waals surface area contributed by atoms with E-state index in [2.05, 4.69) is 38.3 Å². The predicted molar refractivity (Wildman–Crippen MR) is 78.6 cm³/mol. The molecule has 4 nitrogen and oxygen atoms in total. The molecular formula is C15H11N4S+. The highest BCUT2D eigenvalue weighted by atomic mass is 32.1. The van der Waals surface area contributed by atoms with E-state index in [0.717, 1.165) is 17.1 Å². The van der Waals surface area contributed by atoms with Crippen LogP contribution in [-0.2, 0) is 13.6 Å². The maximum Gasteiger partial charge on any atom is 0.292 e. The second-order valence-electron chi connectivity index (χ2n) is 5.08. The summed E-state index contributed by atoms with van der Waals surface area (Å²) in [7, 11) is 2.13. The largest absolute Gasteiger partial charge is 0.292 e. The Hall–Kier alpha value is -2.27. The van der Waals surface area contributed by atoms with Crippen LogP contribution in [0.2, 0.25) is 0 Å². The van der Waals surface area contributed by atoms with Gasteiger partial charge in [0, 0.05) is 12.4 Å². The van der Waals surface area contributed by atoms with E-state index >= 15 is 0 Å². The summed E-state index contributed by atoms with van der Waals surface area (Å²) in [6.07, 6.45) is 3.73. The quantitative estimate of drug-likeness (QED) is 0.408. The monoisotopic (exact) mass is 279 g/mol. The summed E-state index contributed by atoms with van der Waals surface area (Å²) >= 11 is 1.76. The van der Waals surface area contributed by atoms with Crippen molar-refractivity contribution in [2.45, 2.75) is 6.54 Å². The van der Waals surface area contributed by atoms with E-state index in [1.807, 2.05) is 24.5 Å². The third kappa shape index (κ3) is 1.10. The molecule has 1 aliphatic heterocycles. The standard InChI is InChI=1S/C15H11N4S/c1-18-12-10-5-3-7-17-13(10)20-15(12)19-8-11-9(14(18)19)4-2-6-16-11/h2-7H,8H2,1H3/q+1. The highest BCUT2D eigenvalue weighted by molar-refractivity contribution is 7.24. The van der Waals surface area contributed by atoms with E-state index in [-0.39, 0.29) is 0 Å². The second-order valence-corrected chi connectivity index (χ2v) is 6.06. The minimum absolute atomic E-state index is 0.857. The van der Waals surface area contributed by atoms with Gasteiger partial charge in [0.2, 0.25) is 4.83 Å². The predicted octanol–water partition coefficient (Wildman–Crippen LogP) is 2.50. The summed E-state index contributed by atoms with van der Waals surface area (Å²) in [5.41, 5.74) is 3.68. The Morgan fingerprint density at radius 3 is 3.00 bits per heavy atom. The van der Waals surface area contributed by atoms with Crippen LogP contribution in [0.3, 0.4) is 0 Å². The van der Waals surface area contributed by atoms with E-state index < -0.39 is 0 Å². The molecule has 0 atom stereocenters. The van der Waals surface area contributed by atoms with Gasteiger partial charge in [0.25, 0.3) is 5.82 Å². The van der Waals surface area contributed by atoms with E-state index in [9.17, 15) is 0 Å². The van der Waals surface area contributed by atoms with Gasteiger partial charge in [0.1, 0.15) is 11.4 Å². The van der Waals surface area contributed by atoms with Gasteiger partial charge >= 0.3 is 0 Å². The molecule has 0 amide bonds. The zero-order valence-electron chi connectivity index (χ0n) is 10.9. The highest BCUT2D eigenvalue weighted by Gasteiger charge is 2.35. The van der Waals surface area contributed by atoms with Crippen LogP contribution >= 0.6 is 11.3 Å². The molecule has 0 fully saturated rings. The van der Waals surface area contributed by atoms with Gasteiger partial charge in [-0.1, -0.05) is 11.3 Å². The fourth-order valence-corrected chi connectivity index (χ4v) is 4.36. The van der Waals surface area contributed by atoms with Gasteiger partial charge in [-0.2, -0.15) is 0 Å². The van der Waals surface area contributed by atoms with Crippen molar-refractivity contribution in [2.24, 2.45) is 7.05 Å². The summed E-state index contributed by atoms with van der Waals surface area (Å²) in [6.45, 7) is 0.857. The molecule has 0 radical (unpaired) electrons. The van der Waals surface area contributed by atoms with Gasteiger partial charge in [-0.05, 0) is 24.3 Å². The first-order valence-corrected chi connectivity index (χ1v) is 7.36. The average molecular weight is 279 g/mol. The number of pyridine rings is 2. The van der Waals surface area contributed by atoms with E-state index in [1.165, 1.54) is 27.1 Å². The zero-order chi connectivity index (χ0) is 13.3. The molecule has 0 saturated carbocycles. The molecule has 0 N–H and O–H groups in total. The van der Waals surface area contributed by atoms with Crippen LogP contribution in [0.15, 0.2) is 36.7 Å². The third-order valence-electron chi connectivity index (χ3n) is 4.02. The molecule has 1 aliphatic rings. The minimum Gasteiger partial charge on any atom is -0.256 e. The molecule has 5 rings (SSSR count). The van der Waals surface area contributed by atoms with Gasteiger partial charge in [0.05, 0.1) is 23.7 Å². The molecule has 0 spiro atoms.